The Kier molecular flexibility index (Phi) is 22.9. The Hall–Kier alpha value is -0.816. The lowest BCUT2D eigenvalue weighted by Crippen LogP contribution is -2.44. The summed E-state index contributed by atoms with van der Waals surface area (Å²) in [6, 6.07) is 0.701. The molecule has 1 aliphatic rings. The van der Waals surface area contributed by atoms with Crippen molar-refractivity contribution >= 4 is 58.2 Å². The van der Waals surface area contributed by atoms with Crippen molar-refractivity contribution in [3.63, 3.8) is 0 Å². The highest BCUT2D eigenvalue weighted by Crippen LogP contribution is 2.32. The molecule has 1 aliphatic heterocycles. The molecule has 276 valence electrons. The van der Waals surface area contributed by atoms with E-state index in [1.54, 1.807) is 4.90 Å². The molecule has 11 nitrogen and oxygen atoms in total. The van der Waals surface area contributed by atoms with E-state index in [4.69, 9.17) is 13.6 Å². The third kappa shape index (κ3) is 21.8. The summed E-state index contributed by atoms with van der Waals surface area (Å²) < 4.78 is 17.1. The molecule has 0 aromatic rings. The maximum atomic E-state index is 13.2. The number of hydrogen-bond acceptors (Lipinski definition) is 9. The molecule has 4 atom stereocenters. The fraction of sp³-hybridized carbons (Fsp3) is 0.906. The van der Waals surface area contributed by atoms with Crippen molar-refractivity contribution < 1.29 is 33.1 Å². The molecule has 0 saturated carbocycles. The van der Waals surface area contributed by atoms with E-state index in [1.165, 1.54) is 11.8 Å². The maximum Gasteiger partial charge on any atom is 0.314 e. The largest absolute Gasteiger partial charge is 0.456 e. The zero-order valence-electron chi connectivity index (χ0n) is 30.2. The molecule has 0 radical (unpaired) electrons. The van der Waals surface area contributed by atoms with E-state index in [0.29, 0.717) is 70.3 Å². The summed E-state index contributed by atoms with van der Waals surface area (Å²) in [5, 5.41) is 19.5. The van der Waals surface area contributed by atoms with Crippen LogP contribution in [0.25, 0.3) is 0 Å². The number of amides is 4. The molecular weight excluding hydrogens is 673 g/mol. The van der Waals surface area contributed by atoms with Crippen LogP contribution in [0.2, 0.25) is 38.8 Å². The van der Waals surface area contributed by atoms with E-state index >= 15 is 0 Å². The summed E-state index contributed by atoms with van der Waals surface area (Å²) in [5.41, 5.74) is 0. The van der Waals surface area contributed by atoms with Gasteiger partial charge in [0, 0.05) is 49.0 Å². The van der Waals surface area contributed by atoms with Crippen molar-refractivity contribution in [1.29, 1.82) is 0 Å². The number of thioether (sulfide) groups is 1. The minimum atomic E-state index is -1.74. The molecule has 0 aliphatic carbocycles. The first-order chi connectivity index (χ1) is 22.1. The van der Waals surface area contributed by atoms with E-state index in [9.17, 15) is 19.5 Å². The Labute approximate surface area is 296 Å². The van der Waals surface area contributed by atoms with Crippen LogP contribution in [-0.4, -0.2) is 113 Å². The van der Waals surface area contributed by atoms with Crippen LogP contribution in [0.3, 0.4) is 0 Å². The first-order valence-electron chi connectivity index (χ1n) is 17.6. The Balaban J connectivity index is 2.12. The molecule has 15 heteroatoms. The molecule has 47 heavy (non-hydrogen) atoms. The summed E-state index contributed by atoms with van der Waals surface area (Å²) in [5.74, 6) is 1.23. The molecule has 4 unspecified atom stereocenters. The van der Waals surface area contributed by atoms with Gasteiger partial charge in [-0.25, -0.2) is 4.79 Å². The average molecular weight is 739 g/mol. The number of urea groups is 1. The van der Waals surface area contributed by atoms with Gasteiger partial charge in [-0.2, -0.15) is 12.6 Å². The normalized spacial score (nSPS) is 18.3. The lowest BCUT2D eigenvalue weighted by Gasteiger charge is -2.31. The molecule has 0 aromatic heterocycles. The Morgan fingerprint density at radius 3 is 2.23 bits per heavy atom. The molecule has 0 bridgehead atoms. The van der Waals surface area contributed by atoms with Gasteiger partial charge in [0.15, 0.2) is 16.6 Å². The predicted octanol–water partition coefficient (Wildman–Crippen LogP) is 5.81. The van der Waals surface area contributed by atoms with Gasteiger partial charge in [0.05, 0.1) is 26.4 Å². The standard InChI is InChI=1S/C32H66N4O7S2Si2/c1-26(14-15-27(2)36-29(37)25-28(30(36)38)13-12-24-47(6,7)43-46(3,4)5)35-31(39)33-16-10-8-9-11-17-34-32(40)45-23-21-42-19-18-41-20-22-44/h26-29,37,44H,8-25H2,1-7H3,(H,34,40)(H2,33,35,39). The van der Waals surface area contributed by atoms with E-state index in [0.717, 1.165) is 44.6 Å². The van der Waals surface area contributed by atoms with E-state index in [-0.39, 0.29) is 35.2 Å². The number of carbonyl (C=O) groups excluding carboxylic acids is 3. The molecule has 1 rings (SSSR count). The van der Waals surface area contributed by atoms with Crippen LogP contribution in [0.1, 0.15) is 71.6 Å². The molecule has 4 amide bonds. The minimum Gasteiger partial charge on any atom is -0.456 e. The second-order valence-electron chi connectivity index (χ2n) is 14.2. The van der Waals surface area contributed by atoms with Crippen LogP contribution in [0.5, 0.6) is 0 Å². The zero-order valence-corrected chi connectivity index (χ0v) is 33.9. The molecule has 4 N–H and O–H groups in total. The van der Waals surface area contributed by atoms with Crippen LogP contribution >= 0.6 is 24.4 Å². The number of nitrogens with one attached hydrogen (secondary N) is 3. The monoisotopic (exact) mass is 738 g/mol. The minimum absolute atomic E-state index is 0.0333. The predicted molar refractivity (Wildman–Crippen MR) is 201 cm³/mol. The van der Waals surface area contributed by atoms with Gasteiger partial charge in [0.25, 0.3) is 5.24 Å². The van der Waals surface area contributed by atoms with Gasteiger partial charge in [0.1, 0.15) is 6.23 Å². The summed E-state index contributed by atoms with van der Waals surface area (Å²) in [6.45, 7) is 18.6. The Morgan fingerprint density at radius 2 is 1.60 bits per heavy atom. The van der Waals surface area contributed by atoms with E-state index < -0.39 is 22.9 Å². The van der Waals surface area contributed by atoms with Crippen LogP contribution in [0.15, 0.2) is 0 Å². The number of carbonyl (C=O) groups is 3. The number of nitrogens with zero attached hydrogens (tertiary/aromatic N) is 1. The Morgan fingerprint density at radius 1 is 0.957 bits per heavy atom. The fourth-order valence-corrected chi connectivity index (χ4v) is 14.7. The van der Waals surface area contributed by atoms with Gasteiger partial charge in [-0.1, -0.05) is 31.0 Å². The number of aliphatic hydroxyl groups is 1. The molecule has 0 spiro atoms. The maximum absolute atomic E-state index is 13.2. The first-order valence-corrected chi connectivity index (χ1v) is 25.7. The number of thiol groups is 1. The molecule has 1 heterocycles. The highest BCUT2D eigenvalue weighted by Gasteiger charge is 2.41. The third-order valence-corrected chi connectivity index (χ3v) is 15.1. The molecule has 1 saturated heterocycles. The summed E-state index contributed by atoms with van der Waals surface area (Å²) >= 11 is 5.30. The SMILES string of the molecule is CC(CCC(C)N1C(=O)C(CCC[Si](C)(C)O[Si](C)(C)C)CC1O)NC(=O)NCCCCCCNC(=O)SCCOCCOCCS. The Bertz CT molecular complexity index is 902. The van der Waals surface area contributed by atoms with E-state index in [2.05, 4.69) is 61.3 Å². The highest BCUT2D eigenvalue weighted by molar-refractivity contribution is 8.13. The third-order valence-electron chi connectivity index (χ3n) is 7.93. The van der Waals surface area contributed by atoms with Crippen molar-refractivity contribution in [3.05, 3.63) is 0 Å². The average Bonchev–Trinajstić information content (AvgIpc) is 3.25. The van der Waals surface area contributed by atoms with Gasteiger partial charge < -0.3 is 39.5 Å². The van der Waals surface area contributed by atoms with Crippen molar-refractivity contribution in [2.24, 2.45) is 5.92 Å². The van der Waals surface area contributed by atoms with Gasteiger partial charge >= 0.3 is 6.03 Å². The number of likely N-dealkylation sites (tertiary alicyclic amines) is 1. The number of aliphatic hydroxyl groups excluding tert-OH is 1. The van der Waals surface area contributed by atoms with Crippen LogP contribution < -0.4 is 16.0 Å². The zero-order chi connectivity index (χ0) is 35.3. The summed E-state index contributed by atoms with van der Waals surface area (Å²) in [6.07, 6.45) is 6.64. The van der Waals surface area contributed by atoms with Gasteiger partial charge in [0.2, 0.25) is 5.91 Å². The second kappa shape index (κ2) is 24.4. The highest BCUT2D eigenvalue weighted by atomic mass is 32.2. The quantitative estimate of drug-likeness (QED) is 0.0426. The van der Waals surface area contributed by atoms with Crippen molar-refractivity contribution in [2.45, 2.75) is 129 Å². The lowest BCUT2D eigenvalue weighted by atomic mass is 10.0. The number of hydrogen-bond donors (Lipinski definition) is 5. The van der Waals surface area contributed by atoms with E-state index in [1.807, 2.05) is 13.8 Å². The van der Waals surface area contributed by atoms with Crippen LogP contribution in [-0.2, 0) is 18.4 Å². The van der Waals surface area contributed by atoms with Crippen molar-refractivity contribution in [1.82, 2.24) is 20.9 Å². The van der Waals surface area contributed by atoms with Crippen molar-refractivity contribution in [2.75, 3.05) is 51.0 Å². The lowest BCUT2D eigenvalue weighted by molar-refractivity contribution is -0.138. The number of ether oxygens (including phenoxy) is 2. The van der Waals surface area contributed by atoms with Crippen LogP contribution in [0.4, 0.5) is 9.59 Å². The fourth-order valence-electron chi connectivity index (χ4n) is 5.84. The summed E-state index contributed by atoms with van der Waals surface area (Å²) in [7, 11) is -3.32. The van der Waals surface area contributed by atoms with Crippen LogP contribution in [0, 0.1) is 5.92 Å². The second-order valence-corrected chi connectivity index (χ2v) is 24.8. The molecular formula is C32H66N4O7S2Si2. The first kappa shape index (κ1) is 44.2. The van der Waals surface area contributed by atoms with Crippen molar-refractivity contribution in [3.8, 4) is 0 Å². The number of unbranched alkanes of at least 4 members (excludes halogenated alkanes) is 3. The molecule has 0 aromatic carbocycles. The number of rotatable bonds is 26. The van der Waals surface area contributed by atoms with Gasteiger partial charge in [-0.3, -0.25) is 9.59 Å². The smallest absolute Gasteiger partial charge is 0.314 e. The van der Waals surface area contributed by atoms with Gasteiger partial charge in [-0.15, -0.1) is 0 Å². The summed E-state index contributed by atoms with van der Waals surface area (Å²) in [4.78, 5) is 39.0. The molecule has 1 fully saturated rings. The topological polar surface area (TPSA) is 138 Å². The van der Waals surface area contributed by atoms with Gasteiger partial charge in [-0.05, 0) is 84.7 Å².